The van der Waals surface area contributed by atoms with Crippen LogP contribution in [0.15, 0.2) is 12.2 Å². The highest BCUT2D eigenvalue weighted by molar-refractivity contribution is 5.67. The molecule has 0 saturated heterocycles. The summed E-state index contributed by atoms with van der Waals surface area (Å²) in [6.45, 7) is 6.08. The molecule has 0 spiro atoms. The Morgan fingerprint density at radius 1 is 1.64 bits per heavy atom. The largest absolute Gasteiger partial charge is 0.302 e. The number of carbonyl (C=O) groups is 1. The monoisotopic (exact) mass is 150 g/mol. The van der Waals surface area contributed by atoms with Gasteiger partial charge in [0, 0.05) is 5.41 Å². The summed E-state index contributed by atoms with van der Waals surface area (Å²) in [7, 11) is 0. The second-order valence-corrected chi connectivity index (χ2v) is 4.13. The van der Waals surface area contributed by atoms with Crippen molar-refractivity contribution in [3.05, 3.63) is 12.2 Å². The summed E-state index contributed by atoms with van der Waals surface area (Å²) >= 11 is 0. The van der Waals surface area contributed by atoms with Gasteiger partial charge in [0.1, 0.15) is 6.29 Å². The first-order chi connectivity index (χ1) is 5.18. The Balaban J connectivity index is 2.37. The van der Waals surface area contributed by atoms with Gasteiger partial charge >= 0.3 is 0 Å². The average molecular weight is 150 g/mol. The third-order valence-corrected chi connectivity index (χ3v) is 3.71. The van der Waals surface area contributed by atoms with Crippen LogP contribution >= 0.6 is 0 Å². The maximum absolute atomic E-state index is 10.9. The Bertz CT molecular complexity index is 219. The Morgan fingerprint density at radius 3 is 2.73 bits per heavy atom. The first-order valence-electron chi connectivity index (χ1n) is 4.34. The van der Waals surface area contributed by atoms with Crippen LogP contribution in [0.3, 0.4) is 0 Å². The maximum atomic E-state index is 10.9. The van der Waals surface area contributed by atoms with Gasteiger partial charge in [0.2, 0.25) is 0 Å². The summed E-state index contributed by atoms with van der Waals surface area (Å²) < 4.78 is 0. The summed E-state index contributed by atoms with van der Waals surface area (Å²) in [6.07, 6.45) is 4.83. The molecule has 0 aromatic heterocycles. The van der Waals surface area contributed by atoms with Crippen LogP contribution in [-0.4, -0.2) is 6.29 Å². The van der Waals surface area contributed by atoms with Gasteiger partial charge in [-0.25, -0.2) is 0 Å². The van der Waals surface area contributed by atoms with Crippen molar-refractivity contribution >= 4 is 6.29 Å². The molecule has 0 aliphatic heterocycles. The molecule has 1 heteroatoms. The molecule has 2 fully saturated rings. The molecule has 60 valence electrons. The fraction of sp³-hybridized carbons (Fsp3) is 0.700. The van der Waals surface area contributed by atoms with Crippen molar-refractivity contribution in [3.8, 4) is 0 Å². The van der Waals surface area contributed by atoms with E-state index in [1.807, 2.05) is 6.92 Å². The van der Waals surface area contributed by atoms with Crippen LogP contribution in [-0.2, 0) is 4.79 Å². The third kappa shape index (κ3) is 0.688. The van der Waals surface area contributed by atoms with Crippen LogP contribution in [0.5, 0.6) is 0 Å². The van der Waals surface area contributed by atoms with E-state index in [0.29, 0.717) is 11.8 Å². The lowest BCUT2D eigenvalue weighted by Crippen LogP contribution is -2.27. The number of aldehydes is 1. The van der Waals surface area contributed by atoms with Crippen molar-refractivity contribution in [2.45, 2.75) is 26.2 Å². The Hall–Kier alpha value is -0.590. The number of fused-ring (bicyclic) bond motifs is 2. The average Bonchev–Trinajstić information content (AvgIpc) is 2.56. The van der Waals surface area contributed by atoms with Crippen molar-refractivity contribution < 1.29 is 4.79 Å². The number of carbonyl (C=O) groups excluding carboxylic acids is 1. The molecule has 1 nitrogen and oxygen atoms in total. The highest BCUT2D eigenvalue weighted by atomic mass is 16.1. The minimum Gasteiger partial charge on any atom is -0.302 e. The van der Waals surface area contributed by atoms with Gasteiger partial charge in [-0.2, -0.15) is 0 Å². The molecule has 11 heavy (non-hydrogen) atoms. The highest BCUT2D eigenvalue weighted by Crippen LogP contribution is 2.57. The van der Waals surface area contributed by atoms with Crippen molar-refractivity contribution in [1.29, 1.82) is 0 Å². The van der Waals surface area contributed by atoms with E-state index in [-0.39, 0.29) is 5.41 Å². The molecule has 3 atom stereocenters. The fourth-order valence-corrected chi connectivity index (χ4v) is 2.72. The van der Waals surface area contributed by atoms with Gasteiger partial charge in [-0.3, -0.25) is 0 Å². The van der Waals surface area contributed by atoms with E-state index in [4.69, 9.17) is 0 Å². The topological polar surface area (TPSA) is 17.1 Å². The zero-order valence-electron chi connectivity index (χ0n) is 6.97. The summed E-state index contributed by atoms with van der Waals surface area (Å²) in [4.78, 5) is 10.9. The van der Waals surface area contributed by atoms with Gasteiger partial charge in [0.05, 0.1) is 0 Å². The SMILES string of the molecule is C=C1[C@@H]2CC[C@@H](C2)[C@@]1(C)C=O. The third-order valence-electron chi connectivity index (χ3n) is 3.71. The lowest BCUT2D eigenvalue weighted by molar-refractivity contribution is -0.115. The van der Waals surface area contributed by atoms with Gasteiger partial charge in [-0.1, -0.05) is 12.2 Å². The van der Waals surface area contributed by atoms with Gasteiger partial charge in [0.15, 0.2) is 0 Å². The molecular weight excluding hydrogens is 136 g/mol. The van der Waals surface area contributed by atoms with E-state index < -0.39 is 0 Å². The fourth-order valence-electron chi connectivity index (χ4n) is 2.72. The first kappa shape index (κ1) is 7.08. The summed E-state index contributed by atoms with van der Waals surface area (Å²) in [6, 6.07) is 0. The van der Waals surface area contributed by atoms with Crippen LogP contribution < -0.4 is 0 Å². The normalized spacial score (nSPS) is 48.3. The molecule has 0 aromatic carbocycles. The molecule has 2 aliphatic rings. The van der Waals surface area contributed by atoms with Gasteiger partial charge in [-0.15, -0.1) is 0 Å². The van der Waals surface area contributed by atoms with Crippen molar-refractivity contribution in [2.24, 2.45) is 17.3 Å². The van der Waals surface area contributed by atoms with Crippen LogP contribution in [0.1, 0.15) is 26.2 Å². The Kier molecular flexibility index (Phi) is 1.26. The predicted molar refractivity (Wildman–Crippen MR) is 44.1 cm³/mol. The van der Waals surface area contributed by atoms with Crippen molar-refractivity contribution in [2.75, 3.05) is 0 Å². The number of rotatable bonds is 1. The lowest BCUT2D eigenvalue weighted by Gasteiger charge is -2.30. The maximum Gasteiger partial charge on any atom is 0.130 e. The quantitative estimate of drug-likeness (QED) is 0.413. The van der Waals surface area contributed by atoms with E-state index in [1.54, 1.807) is 0 Å². The molecule has 0 radical (unpaired) electrons. The van der Waals surface area contributed by atoms with Crippen molar-refractivity contribution in [1.82, 2.24) is 0 Å². The molecule has 2 rings (SSSR count). The van der Waals surface area contributed by atoms with Crippen molar-refractivity contribution in [3.63, 3.8) is 0 Å². The molecule has 2 bridgehead atoms. The second-order valence-electron chi connectivity index (χ2n) is 4.13. The van der Waals surface area contributed by atoms with E-state index in [9.17, 15) is 4.79 Å². The van der Waals surface area contributed by atoms with Gasteiger partial charge < -0.3 is 4.79 Å². The van der Waals surface area contributed by atoms with Crippen LogP contribution in [0.4, 0.5) is 0 Å². The molecule has 0 unspecified atom stereocenters. The summed E-state index contributed by atoms with van der Waals surface area (Å²) in [5, 5.41) is 0. The zero-order chi connectivity index (χ0) is 8.06. The van der Waals surface area contributed by atoms with E-state index >= 15 is 0 Å². The number of hydrogen-bond acceptors (Lipinski definition) is 1. The lowest BCUT2D eigenvalue weighted by atomic mass is 9.73. The molecule has 0 N–H and O–H groups in total. The molecule has 2 saturated carbocycles. The molecule has 2 aliphatic carbocycles. The highest BCUT2D eigenvalue weighted by Gasteiger charge is 2.50. The molecule has 0 aromatic rings. The van der Waals surface area contributed by atoms with E-state index in [1.165, 1.54) is 24.8 Å². The van der Waals surface area contributed by atoms with Gasteiger partial charge in [-0.05, 0) is 38.0 Å². The Labute approximate surface area is 67.5 Å². The molecule has 0 amide bonds. The Morgan fingerprint density at radius 2 is 2.36 bits per heavy atom. The number of hydrogen-bond donors (Lipinski definition) is 0. The second kappa shape index (κ2) is 1.96. The van der Waals surface area contributed by atoms with E-state index in [2.05, 4.69) is 6.58 Å². The van der Waals surface area contributed by atoms with E-state index in [0.717, 1.165) is 6.29 Å². The predicted octanol–water partition coefficient (Wildman–Crippen LogP) is 2.18. The first-order valence-corrected chi connectivity index (χ1v) is 4.34. The smallest absolute Gasteiger partial charge is 0.130 e. The minimum atomic E-state index is -0.164. The minimum absolute atomic E-state index is 0.164. The molecular formula is C10H14O. The summed E-state index contributed by atoms with van der Waals surface area (Å²) in [5.74, 6) is 1.27. The zero-order valence-corrected chi connectivity index (χ0v) is 6.97. The molecule has 0 heterocycles. The summed E-state index contributed by atoms with van der Waals surface area (Å²) in [5.41, 5.74) is 1.03. The van der Waals surface area contributed by atoms with Crippen LogP contribution in [0, 0.1) is 17.3 Å². The standard InChI is InChI=1S/C10H14O/c1-7-8-3-4-9(5-8)10(7,2)6-11/h6,8-9H,1,3-5H2,2H3/t8-,9+,10+/m1/s1. The van der Waals surface area contributed by atoms with Crippen LogP contribution in [0.2, 0.25) is 0 Å². The van der Waals surface area contributed by atoms with Crippen LogP contribution in [0.25, 0.3) is 0 Å². The number of allylic oxidation sites excluding steroid dienone is 1. The van der Waals surface area contributed by atoms with Gasteiger partial charge in [0.25, 0.3) is 0 Å².